The molecule has 0 aliphatic heterocycles. The lowest BCUT2D eigenvalue weighted by atomic mass is 10.2. The first kappa shape index (κ1) is 20.4. The fraction of sp³-hybridized carbons (Fsp3) is 0.125. The molecule has 0 fully saturated rings. The highest BCUT2D eigenvalue weighted by molar-refractivity contribution is 5.77. The van der Waals surface area contributed by atoms with Crippen molar-refractivity contribution >= 4 is 22.7 Å². The van der Waals surface area contributed by atoms with Gasteiger partial charge >= 0.3 is 0 Å². The molecule has 0 saturated heterocycles. The molecular formula is C24H21N7O2. The molecule has 5 aromatic rings. The summed E-state index contributed by atoms with van der Waals surface area (Å²) < 4.78 is 10.9. The molecule has 9 nitrogen and oxygen atoms in total. The van der Waals surface area contributed by atoms with Crippen LogP contribution in [-0.2, 0) is 6.54 Å². The number of fused-ring (bicyclic) bond motifs is 1. The molecule has 0 amide bonds. The molecule has 0 atom stereocenters. The average molecular weight is 439 g/mol. The van der Waals surface area contributed by atoms with Gasteiger partial charge in [0.05, 0.1) is 38.3 Å². The van der Waals surface area contributed by atoms with Gasteiger partial charge in [0.2, 0.25) is 0 Å². The van der Waals surface area contributed by atoms with E-state index in [1.165, 1.54) is 0 Å². The molecule has 1 N–H and O–H groups in total. The lowest BCUT2D eigenvalue weighted by Crippen LogP contribution is -2.19. The predicted molar refractivity (Wildman–Crippen MR) is 125 cm³/mol. The number of nitrogens with zero attached hydrogens (tertiary/aromatic N) is 6. The number of methoxy groups -OCH3 is 2. The van der Waals surface area contributed by atoms with Gasteiger partial charge in [0.15, 0.2) is 5.65 Å². The van der Waals surface area contributed by atoms with Crippen LogP contribution in [0.3, 0.4) is 0 Å². The number of aromatic amines is 1. The Morgan fingerprint density at radius 1 is 0.909 bits per heavy atom. The van der Waals surface area contributed by atoms with E-state index in [1.807, 2.05) is 47.4 Å². The zero-order valence-corrected chi connectivity index (χ0v) is 18.1. The smallest absolute Gasteiger partial charge is 0.180 e. The van der Waals surface area contributed by atoms with E-state index < -0.39 is 0 Å². The molecule has 9 heteroatoms. The summed E-state index contributed by atoms with van der Waals surface area (Å²) >= 11 is 0. The van der Waals surface area contributed by atoms with Gasteiger partial charge in [-0.15, -0.1) is 0 Å². The molecule has 0 saturated carbocycles. The number of H-pyrrole nitrogens is 1. The number of ether oxygens (including phenoxy) is 2. The number of benzene rings is 1. The number of aromatic nitrogens is 6. The maximum Gasteiger partial charge on any atom is 0.180 e. The molecule has 0 aliphatic rings. The first-order valence-corrected chi connectivity index (χ1v) is 10.3. The minimum absolute atomic E-state index is 0.456. The van der Waals surface area contributed by atoms with Gasteiger partial charge in [0.1, 0.15) is 28.7 Å². The summed E-state index contributed by atoms with van der Waals surface area (Å²) in [5, 5.41) is 0. The number of imidazole rings is 1. The Bertz CT molecular complexity index is 1350. The monoisotopic (exact) mass is 439 g/mol. The van der Waals surface area contributed by atoms with E-state index >= 15 is 0 Å². The topological polar surface area (TPSA) is 102 Å². The molecule has 33 heavy (non-hydrogen) atoms. The van der Waals surface area contributed by atoms with Crippen molar-refractivity contribution in [2.45, 2.75) is 6.54 Å². The van der Waals surface area contributed by atoms with Crippen LogP contribution in [0.4, 0.5) is 11.5 Å². The van der Waals surface area contributed by atoms with Crippen LogP contribution in [0, 0.1) is 0 Å². The van der Waals surface area contributed by atoms with Crippen molar-refractivity contribution in [3.05, 3.63) is 79.3 Å². The zero-order valence-electron chi connectivity index (χ0n) is 18.1. The Morgan fingerprint density at radius 2 is 1.76 bits per heavy atom. The van der Waals surface area contributed by atoms with Crippen molar-refractivity contribution in [1.29, 1.82) is 0 Å². The van der Waals surface area contributed by atoms with E-state index in [0.29, 0.717) is 40.7 Å². The van der Waals surface area contributed by atoms with Crippen molar-refractivity contribution in [2.75, 3.05) is 19.1 Å². The molecular weight excluding hydrogens is 418 g/mol. The predicted octanol–water partition coefficient (Wildman–Crippen LogP) is 4.17. The Morgan fingerprint density at radius 3 is 2.45 bits per heavy atom. The number of rotatable bonds is 7. The first-order valence-electron chi connectivity index (χ1n) is 10.3. The highest BCUT2D eigenvalue weighted by Crippen LogP contribution is 2.33. The second kappa shape index (κ2) is 8.91. The van der Waals surface area contributed by atoms with Gasteiger partial charge in [0, 0.05) is 48.5 Å². The van der Waals surface area contributed by atoms with Gasteiger partial charge in [-0.2, -0.15) is 0 Å². The van der Waals surface area contributed by atoms with Crippen molar-refractivity contribution in [3.63, 3.8) is 0 Å². The van der Waals surface area contributed by atoms with Crippen LogP contribution in [0.25, 0.3) is 22.4 Å². The fourth-order valence-corrected chi connectivity index (χ4v) is 3.48. The normalized spacial score (nSPS) is 10.8. The Balaban J connectivity index is 1.62. The van der Waals surface area contributed by atoms with E-state index in [9.17, 15) is 0 Å². The third-order valence-corrected chi connectivity index (χ3v) is 5.14. The van der Waals surface area contributed by atoms with Gasteiger partial charge in [-0.3, -0.25) is 9.97 Å². The van der Waals surface area contributed by atoms with Gasteiger partial charge in [0.25, 0.3) is 0 Å². The van der Waals surface area contributed by atoms with Crippen molar-refractivity contribution in [2.24, 2.45) is 0 Å². The molecule has 0 unspecified atom stereocenters. The summed E-state index contributed by atoms with van der Waals surface area (Å²) in [4.78, 5) is 27.8. The molecule has 1 aromatic carbocycles. The molecule has 0 spiro atoms. The van der Waals surface area contributed by atoms with Crippen LogP contribution in [-0.4, -0.2) is 44.1 Å². The summed E-state index contributed by atoms with van der Waals surface area (Å²) in [6, 6.07) is 13.3. The van der Waals surface area contributed by atoms with Crippen molar-refractivity contribution < 1.29 is 9.47 Å². The summed E-state index contributed by atoms with van der Waals surface area (Å²) in [5.74, 6) is 2.82. The SMILES string of the molecule is COc1cc(OC)cc(N(Cc2ncc[nH]2)c2ccc3ncc(-c4cccnc4)nc3n2)c1. The molecule has 164 valence electrons. The summed E-state index contributed by atoms with van der Waals surface area (Å²) in [5.41, 5.74) is 3.66. The number of anilines is 2. The number of hydrogen-bond acceptors (Lipinski definition) is 8. The largest absolute Gasteiger partial charge is 0.497 e. The molecule has 0 radical (unpaired) electrons. The standard InChI is InChI=1S/C24H21N7O2/c1-32-18-10-17(11-19(12-18)33-2)31(15-22-26-8-9-27-22)23-6-5-20-24(30-23)29-21(14-28-20)16-4-3-7-25-13-16/h3-14H,15H2,1-2H3,(H,26,27). The van der Waals surface area contributed by atoms with E-state index in [4.69, 9.17) is 19.4 Å². The van der Waals surface area contributed by atoms with Crippen LogP contribution >= 0.6 is 0 Å². The van der Waals surface area contributed by atoms with Crippen LogP contribution in [0.15, 0.2) is 73.4 Å². The maximum atomic E-state index is 5.47. The molecule has 4 heterocycles. The zero-order chi connectivity index (χ0) is 22.6. The Hall–Kier alpha value is -4.53. The second-order valence-corrected chi connectivity index (χ2v) is 7.20. The lowest BCUT2D eigenvalue weighted by molar-refractivity contribution is 0.394. The van der Waals surface area contributed by atoms with Crippen molar-refractivity contribution in [3.8, 4) is 22.8 Å². The Kier molecular flexibility index (Phi) is 5.50. The third-order valence-electron chi connectivity index (χ3n) is 5.14. The maximum absolute atomic E-state index is 5.47. The van der Waals surface area contributed by atoms with Gasteiger partial charge < -0.3 is 19.4 Å². The van der Waals surface area contributed by atoms with Gasteiger partial charge in [-0.05, 0) is 24.3 Å². The van der Waals surface area contributed by atoms with Gasteiger partial charge in [-0.1, -0.05) is 0 Å². The summed E-state index contributed by atoms with van der Waals surface area (Å²) in [6.07, 6.45) is 8.72. The minimum atomic E-state index is 0.456. The van der Waals surface area contributed by atoms with Crippen LogP contribution in [0.1, 0.15) is 5.82 Å². The quantitative estimate of drug-likeness (QED) is 0.403. The van der Waals surface area contributed by atoms with Crippen LogP contribution in [0.2, 0.25) is 0 Å². The van der Waals surface area contributed by atoms with E-state index in [0.717, 1.165) is 17.1 Å². The summed E-state index contributed by atoms with van der Waals surface area (Å²) in [7, 11) is 3.25. The molecule has 0 aliphatic carbocycles. The van der Waals surface area contributed by atoms with Crippen LogP contribution in [0.5, 0.6) is 11.5 Å². The highest BCUT2D eigenvalue weighted by Gasteiger charge is 2.17. The highest BCUT2D eigenvalue weighted by atomic mass is 16.5. The molecule has 0 bridgehead atoms. The third kappa shape index (κ3) is 4.29. The molecule has 5 rings (SSSR count). The lowest BCUT2D eigenvalue weighted by Gasteiger charge is -2.24. The fourth-order valence-electron chi connectivity index (χ4n) is 3.48. The molecule has 4 aromatic heterocycles. The average Bonchev–Trinajstić information content (AvgIpc) is 3.40. The summed E-state index contributed by atoms with van der Waals surface area (Å²) in [6.45, 7) is 0.456. The number of hydrogen-bond donors (Lipinski definition) is 1. The van der Waals surface area contributed by atoms with Crippen LogP contribution < -0.4 is 14.4 Å². The van der Waals surface area contributed by atoms with E-state index in [2.05, 4.69) is 19.9 Å². The first-order chi connectivity index (χ1) is 16.2. The van der Waals surface area contributed by atoms with Gasteiger partial charge in [-0.25, -0.2) is 15.0 Å². The number of nitrogens with one attached hydrogen (secondary N) is 1. The van der Waals surface area contributed by atoms with E-state index in [-0.39, 0.29) is 0 Å². The van der Waals surface area contributed by atoms with E-state index in [1.54, 1.807) is 45.2 Å². The number of pyridine rings is 2. The minimum Gasteiger partial charge on any atom is -0.497 e. The van der Waals surface area contributed by atoms with Crippen molar-refractivity contribution in [1.82, 2.24) is 29.9 Å². The second-order valence-electron chi connectivity index (χ2n) is 7.20. The Labute approximate surface area is 190 Å².